The molecule has 0 aliphatic carbocycles. The topological polar surface area (TPSA) is 46.2 Å². The molecule has 2 aromatic rings. The Morgan fingerprint density at radius 1 is 1.30 bits per heavy atom. The van der Waals surface area contributed by atoms with E-state index in [2.05, 4.69) is 5.32 Å². The standard InChI is InChI=1S/C14H16ClNO2S2/c1-3-20(17,18)13-6-4-12(5-7-13)16-10(2)11-8-14(15)19-9-11/h4-10,16H,3H2,1-2H3. The van der Waals surface area contributed by atoms with Gasteiger partial charge in [-0.3, -0.25) is 0 Å². The molecule has 1 unspecified atom stereocenters. The quantitative estimate of drug-likeness (QED) is 0.886. The summed E-state index contributed by atoms with van der Waals surface area (Å²) in [7, 11) is -3.14. The molecular formula is C14H16ClNO2S2. The summed E-state index contributed by atoms with van der Waals surface area (Å²) >= 11 is 7.42. The molecule has 6 heteroatoms. The van der Waals surface area contributed by atoms with Crippen LogP contribution >= 0.6 is 22.9 Å². The van der Waals surface area contributed by atoms with Crippen LogP contribution in [-0.2, 0) is 9.84 Å². The molecule has 0 spiro atoms. The van der Waals surface area contributed by atoms with Gasteiger partial charge in [0.15, 0.2) is 9.84 Å². The number of anilines is 1. The number of thiophene rings is 1. The van der Waals surface area contributed by atoms with Gasteiger partial charge in [0.05, 0.1) is 15.0 Å². The molecule has 1 aromatic carbocycles. The Labute approximate surface area is 128 Å². The molecular weight excluding hydrogens is 314 g/mol. The highest BCUT2D eigenvalue weighted by Gasteiger charge is 2.12. The number of sulfone groups is 1. The van der Waals surface area contributed by atoms with Crippen LogP contribution in [0.15, 0.2) is 40.6 Å². The monoisotopic (exact) mass is 329 g/mol. The van der Waals surface area contributed by atoms with Crippen molar-refractivity contribution in [2.75, 3.05) is 11.1 Å². The maximum absolute atomic E-state index is 11.7. The number of halogens is 1. The summed E-state index contributed by atoms with van der Waals surface area (Å²) in [4.78, 5) is 0.358. The van der Waals surface area contributed by atoms with Crippen molar-refractivity contribution in [2.45, 2.75) is 24.8 Å². The molecule has 0 amide bonds. The average molecular weight is 330 g/mol. The van der Waals surface area contributed by atoms with E-state index in [4.69, 9.17) is 11.6 Å². The molecule has 1 heterocycles. The van der Waals surface area contributed by atoms with Gasteiger partial charge in [-0.25, -0.2) is 8.42 Å². The largest absolute Gasteiger partial charge is 0.378 e. The fraction of sp³-hybridized carbons (Fsp3) is 0.286. The Hall–Kier alpha value is -1.04. The zero-order valence-corrected chi connectivity index (χ0v) is 13.6. The van der Waals surface area contributed by atoms with Crippen LogP contribution in [0.25, 0.3) is 0 Å². The molecule has 1 N–H and O–H groups in total. The lowest BCUT2D eigenvalue weighted by Crippen LogP contribution is -2.07. The summed E-state index contributed by atoms with van der Waals surface area (Å²) in [5.41, 5.74) is 2.00. The Morgan fingerprint density at radius 2 is 1.95 bits per heavy atom. The molecule has 0 aliphatic heterocycles. The van der Waals surface area contributed by atoms with Crippen LogP contribution in [0.4, 0.5) is 5.69 Å². The molecule has 3 nitrogen and oxygen atoms in total. The van der Waals surface area contributed by atoms with E-state index in [0.29, 0.717) is 4.90 Å². The zero-order valence-electron chi connectivity index (χ0n) is 11.3. The number of benzene rings is 1. The number of hydrogen-bond acceptors (Lipinski definition) is 4. The summed E-state index contributed by atoms with van der Waals surface area (Å²) in [5, 5.41) is 5.33. The van der Waals surface area contributed by atoms with Crippen molar-refractivity contribution in [3.63, 3.8) is 0 Å². The molecule has 0 aliphatic rings. The van der Waals surface area contributed by atoms with Crippen molar-refractivity contribution in [1.29, 1.82) is 0 Å². The SMILES string of the molecule is CCS(=O)(=O)c1ccc(NC(C)c2csc(Cl)c2)cc1. The van der Waals surface area contributed by atoms with Gasteiger partial charge in [0, 0.05) is 11.7 Å². The van der Waals surface area contributed by atoms with Crippen molar-refractivity contribution in [1.82, 2.24) is 0 Å². The smallest absolute Gasteiger partial charge is 0.178 e. The van der Waals surface area contributed by atoms with Crippen molar-refractivity contribution < 1.29 is 8.42 Å². The highest BCUT2D eigenvalue weighted by atomic mass is 35.5. The van der Waals surface area contributed by atoms with Gasteiger partial charge in [-0.05, 0) is 48.2 Å². The van der Waals surface area contributed by atoms with Crippen molar-refractivity contribution >= 4 is 38.5 Å². The first-order valence-electron chi connectivity index (χ1n) is 6.25. The van der Waals surface area contributed by atoms with Gasteiger partial charge in [-0.1, -0.05) is 18.5 Å². The van der Waals surface area contributed by atoms with Gasteiger partial charge >= 0.3 is 0 Å². The van der Waals surface area contributed by atoms with Gasteiger partial charge < -0.3 is 5.32 Å². The van der Waals surface area contributed by atoms with Crippen LogP contribution in [0.5, 0.6) is 0 Å². The molecule has 108 valence electrons. The second kappa shape index (κ2) is 6.16. The minimum absolute atomic E-state index is 0.115. The Bertz CT molecular complexity index is 677. The van der Waals surface area contributed by atoms with E-state index in [1.165, 1.54) is 11.3 Å². The molecule has 0 radical (unpaired) electrons. The van der Waals surface area contributed by atoms with Crippen LogP contribution in [-0.4, -0.2) is 14.2 Å². The first-order valence-corrected chi connectivity index (χ1v) is 9.16. The van der Waals surface area contributed by atoms with E-state index in [0.717, 1.165) is 15.6 Å². The summed E-state index contributed by atoms with van der Waals surface area (Å²) in [5.74, 6) is 0.115. The Kier molecular flexibility index (Phi) is 4.73. The number of rotatable bonds is 5. The minimum Gasteiger partial charge on any atom is -0.378 e. The summed E-state index contributed by atoms with van der Waals surface area (Å²) in [6.45, 7) is 3.68. The fourth-order valence-corrected chi connectivity index (χ4v) is 3.68. The van der Waals surface area contributed by atoms with Crippen LogP contribution in [0.2, 0.25) is 4.34 Å². The van der Waals surface area contributed by atoms with Gasteiger partial charge in [-0.2, -0.15) is 0 Å². The number of hydrogen-bond donors (Lipinski definition) is 1. The summed E-state index contributed by atoms with van der Waals surface area (Å²) in [6, 6.07) is 8.88. The van der Waals surface area contributed by atoms with E-state index in [-0.39, 0.29) is 11.8 Å². The van der Waals surface area contributed by atoms with Gasteiger partial charge in [0.1, 0.15) is 0 Å². The lowest BCUT2D eigenvalue weighted by atomic mass is 10.1. The molecule has 0 bridgehead atoms. The average Bonchev–Trinajstić information content (AvgIpc) is 2.86. The minimum atomic E-state index is -3.14. The summed E-state index contributed by atoms with van der Waals surface area (Å²) in [6.07, 6.45) is 0. The maximum Gasteiger partial charge on any atom is 0.178 e. The maximum atomic E-state index is 11.7. The fourth-order valence-electron chi connectivity index (χ4n) is 1.81. The summed E-state index contributed by atoms with van der Waals surface area (Å²) < 4.78 is 24.2. The zero-order chi connectivity index (χ0) is 14.8. The van der Waals surface area contributed by atoms with Crippen LogP contribution in [0.3, 0.4) is 0 Å². The molecule has 0 saturated carbocycles. The third-order valence-electron chi connectivity index (χ3n) is 3.06. The van der Waals surface area contributed by atoms with Gasteiger partial charge in [0.2, 0.25) is 0 Å². The van der Waals surface area contributed by atoms with E-state index in [1.807, 2.05) is 18.4 Å². The van der Waals surface area contributed by atoms with Crippen molar-refractivity contribution in [3.05, 3.63) is 45.6 Å². The third-order valence-corrected chi connectivity index (χ3v) is 5.92. The van der Waals surface area contributed by atoms with E-state index >= 15 is 0 Å². The molecule has 1 aromatic heterocycles. The lowest BCUT2D eigenvalue weighted by Gasteiger charge is -2.14. The molecule has 20 heavy (non-hydrogen) atoms. The molecule has 2 rings (SSSR count). The van der Waals surface area contributed by atoms with Crippen LogP contribution in [0, 0.1) is 0 Å². The first kappa shape index (κ1) is 15.4. The molecule has 0 fully saturated rings. The highest BCUT2D eigenvalue weighted by Crippen LogP contribution is 2.27. The highest BCUT2D eigenvalue weighted by molar-refractivity contribution is 7.91. The lowest BCUT2D eigenvalue weighted by molar-refractivity contribution is 0.597. The Morgan fingerprint density at radius 3 is 2.45 bits per heavy atom. The predicted molar refractivity (Wildman–Crippen MR) is 85.5 cm³/mol. The molecule has 0 saturated heterocycles. The second-order valence-electron chi connectivity index (χ2n) is 4.48. The van der Waals surface area contributed by atoms with Gasteiger partial charge in [0.25, 0.3) is 0 Å². The van der Waals surface area contributed by atoms with E-state index in [1.54, 1.807) is 31.2 Å². The van der Waals surface area contributed by atoms with Crippen LogP contribution in [0.1, 0.15) is 25.5 Å². The van der Waals surface area contributed by atoms with E-state index < -0.39 is 9.84 Å². The van der Waals surface area contributed by atoms with E-state index in [9.17, 15) is 8.42 Å². The van der Waals surface area contributed by atoms with Crippen molar-refractivity contribution in [2.24, 2.45) is 0 Å². The van der Waals surface area contributed by atoms with Crippen LogP contribution < -0.4 is 5.32 Å². The second-order valence-corrected chi connectivity index (χ2v) is 8.30. The Balaban J connectivity index is 2.11. The van der Waals surface area contributed by atoms with Gasteiger partial charge in [-0.15, -0.1) is 11.3 Å². The third kappa shape index (κ3) is 3.53. The number of nitrogens with one attached hydrogen (secondary N) is 1. The first-order chi connectivity index (χ1) is 9.42. The van der Waals surface area contributed by atoms with Crippen molar-refractivity contribution in [3.8, 4) is 0 Å². The normalized spacial score (nSPS) is 13.2. The predicted octanol–water partition coefficient (Wildman–Crippen LogP) is 4.37. The molecule has 1 atom stereocenters.